The molecule has 0 amide bonds. The molecule has 1 unspecified atom stereocenters. The molecule has 1 saturated carbocycles. The van der Waals surface area contributed by atoms with Crippen LogP contribution >= 0.6 is 0 Å². The van der Waals surface area contributed by atoms with Crippen LogP contribution in [0.3, 0.4) is 0 Å². The molecule has 0 bridgehead atoms. The highest BCUT2D eigenvalue weighted by Gasteiger charge is 2.45. The first-order valence-electron chi connectivity index (χ1n) is 7.49. The number of aryl methyl sites for hydroxylation is 1. The standard InChI is InChI=1S/C16H21F2N3/c1-10-7-14(18)12(8-13(10)17)16(2)9-20-15(19)21(16)11-5-3-4-6-11/h7-8,11H,3-6,9H2,1-2H3,(H2,19,20). The van der Waals surface area contributed by atoms with Crippen molar-refractivity contribution >= 4 is 5.96 Å². The minimum atomic E-state index is -0.697. The van der Waals surface area contributed by atoms with Crippen molar-refractivity contribution in [3.05, 3.63) is 34.9 Å². The van der Waals surface area contributed by atoms with Crippen LogP contribution in [0, 0.1) is 18.6 Å². The molecule has 0 saturated heterocycles. The highest BCUT2D eigenvalue weighted by molar-refractivity contribution is 5.81. The molecule has 3 nitrogen and oxygen atoms in total. The Kier molecular flexibility index (Phi) is 3.38. The third-order valence-corrected chi connectivity index (χ3v) is 4.85. The lowest BCUT2D eigenvalue weighted by Crippen LogP contribution is -2.52. The Morgan fingerprint density at radius 2 is 1.90 bits per heavy atom. The summed E-state index contributed by atoms with van der Waals surface area (Å²) in [6, 6.07) is 2.84. The molecular weight excluding hydrogens is 272 g/mol. The fourth-order valence-electron chi connectivity index (χ4n) is 3.67. The van der Waals surface area contributed by atoms with Gasteiger partial charge in [-0.3, -0.25) is 4.99 Å². The molecule has 0 spiro atoms. The van der Waals surface area contributed by atoms with Gasteiger partial charge in [0.15, 0.2) is 5.96 Å². The van der Waals surface area contributed by atoms with Gasteiger partial charge in [0.25, 0.3) is 0 Å². The molecule has 5 heteroatoms. The minimum Gasteiger partial charge on any atom is -0.370 e. The number of rotatable bonds is 2. The van der Waals surface area contributed by atoms with Crippen LogP contribution < -0.4 is 5.73 Å². The molecule has 1 atom stereocenters. The van der Waals surface area contributed by atoms with E-state index < -0.39 is 5.54 Å². The second-order valence-corrected chi connectivity index (χ2v) is 6.34. The number of guanidine groups is 1. The fraction of sp³-hybridized carbons (Fsp3) is 0.562. The third kappa shape index (κ3) is 2.19. The lowest BCUT2D eigenvalue weighted by molar-refractivity contribution is 0.162. The lowest BCUT2D eigenvalue weighted by atomic mass is 9.88. The van der Waals surface area contributed by atoms with Gasteiger partial charge in [-0.2, -0.15) is 0 Å². The van der Waals surface area contributed by atoms with Crippen LogP contribution in [-0.4, -0.2) is 23.4 Å². The van der Waals surface area contributed by atoms with Crippen LogP contribution in [0.2, 0.25) is 0 Å². The van der Waals surface area contributed by atoms with Crippen LogP contribution in [0.5, 0.6) is 0 Å². The second-order valence-electron chi connectivity index (χ2n) is 6.34. The molecule has 1 fully saturated rings. The molecule has 1 heterocycles. The van der Waals surface area contributed by atoms with E-state index in [2.05, 4.69) is 4.99 Å². The molecule has 0 aromatic heterocycles. The van der Waals surface area contributed by atoms with Crippen molar-refractivity contribution in [2.24, 2.45) is 10.7 Å². The minimum absolute atomic E-state index is 0.269. The van der Waals surface area contributed by atoms with Gasteiger partial charge in [0.05, 0.1) is 12.1 Å². The van der Waals surface area contributed by atoms with E-state index >= 15 is 0 Å². The summed E-state index contributed by atoms with van der Waals surface area (Å²) in [6.45, 7) is 3.84. The zero-order valence-electron chi connectivity index (χ0n) is 12.5. The van der Waals surface area contributed by atoms with Gasteiger partial charge in [-0.15, -0.1) is 0 Å². The highest BCUT2D eigenvalue weighted by Crippen LogP contribution is 2.40. The number of hydrogen-bond donors (Lipinski definition) is 1. The zero-order valence-corrected chi connectivity index (χ0v) is 12.5. The van der Waals surface area contributed by atoms with E-state index in [0.29, 0.717) is 23.6 Å². The van der Waals surface area contributed by atoms with Gasteiger partial charge in [0.2, 0.25) is 0 Å². The van der Waals surface area contributed by atoms with E-state index in [1.54, 1.807) is 6.92 Å². The monoisotopic (exact) mass is 293 g/mol. The Hall–Kier alpha value is -1.65. The average molecular weight is 293 g/mol. The number of nitrogens with zero attached hydrogens (tertiary/aromatic N) is 2. The summed E-state index contributed by atoms with van der Waals surface area (Å²) in [4.78, 5) is 6.32. The largest absolute Gasteiger partial charge is 0.370 e. The van der Waals surface area contributed by atoms with Gasteiger partial charge >= 0.3 is 0 Å². The van der Waals surface area contributed by atoms with E-state index in [1.165, 1.54) is 12.1 Å². The van der Waals surface area contributed by atoms with Gasteiger partial charge in [-0.05, 0) is 44.4 Å². The summed E-state index contributed by atoms with van der Waals surface area (Å²) in [5.41, 5.74) is 6.02. The number of aliphatic imine (C=N–C) groups is 1. The molecule has 1 aromatic rings. The van der Waals surface area contributed by atoms with Crippen LogP contribution in [0.1, 0.15) is 43.7 Å². The Morgan fingerprint density at radius 3 is 2.57 bits per heavy atom. The van der Waals surface area contributed by atoms with Gasteiger partial charge in [-0.1, -0.05) is 12.8 Å². The summed E-state index contributed by atoms with van der Waals surface area (Å²) >= 11 is 0. The molecule has 0 radical (unpaired) electrons. The van der Waals surface area contributed by atoms with Crippen molar-refractivity contribution in [3.8, 4) is 0 Å². The highest BCUT2D eigenvalue weighted by atomic mass is 19.1. The normalized spacial score (nSPS) is 26.5. The molecule has 1 aliphatic carbocycles. The van der Waals surface area contributed by atoms with Crippen molar-refractivity contribution in [1.82, 2.24) is 4.90 Å². The second kappa shape index (κ2) is 4.97. The maximum absolute atomic E-state index is 14.4. The number of halogens is 2. The molecular formula is C16H21F2N3. The van der Waals surface area contributed by atoms with E-state index in [4.69, 9.17) is 5.73 Å². The SMILES string of the molecule is Cc1cc(F)c(C2(C)CN=C(N)N2C2CCCC2)cc1F. The van der Waals surface area contributed by atoms with Crippen LogP contribution in [0.15, 0.2) is 17.1 Å². The third-order valence-electron chi connectivity index (χ3n) is 4.85. The van der Waals surface area contributed by atoms with E-state index in [9.17, 15) is 8.78 Å². The van der Waals surface area contributed by atoms with Gasteiger partial charge in [0, 0.05) is 11.6 Å². The lowest BCUT2D eigenvalue weighted by Gasteiger charge is -2.41. The Morgan fingerprint density at radius 1 is 1.24 bits per heavy atom. The van der Waals surface area contributed by atoms with Crippen molar-refractivity contribution in [2.75, 3.05) is 6.54 Å². The maximum atomic E-state index is 14.4. The van der Waals surface area contributed by atoms with Crippen LogP contribution in [0.25, 0.3) is 0 Å². The number of hydrogen-bond acceptors (Lipinski definition) is 3. The summed E-state index contributed by atoms with van der Waals surface area (Å²) in [5.74, 6) is -0.321. The predicted octanol–water partition coefficient (Wildman–Crippen LogP) is 3.06. The molecule has 114 valence electrons. The summed E-state index contributed by atoms with van der Waals surface area (Å²) in [6.07, 6.45) is 4.36. The zero-order chi connectivity index (χ0) is 15.2. The van der Waals surface area contributed by atoms with Crippen molar-refractivity contribution in [3.63, 3.8) is 0 Å². The first-order chi connectivity index (χ1) is 9.93. The summed E-state index contributed by atoms with van der Waals surface area (Å²) in [5, 5.41) is 0. The molecule has 21 heavy (non-hydrogen) atoms. The Balaban J connectivity index is 2.05. The van der Waals surface area contributed by atoms with Gasteiger partial charge in [0.1, 0.15) is 11.6 Å². The van der Waals surface area contributed by atoms with Gasteiger partial charge < -0.3 is 10.6 Å². The maximum Gasteiger partial charge on any atom is 0.192 e. The molecule has 1 aliphatic heterocycles. The molecule has 2 aliphatic rings. The summed E-state index contributed by atoms with van der Waals surface area (Å²) in [7, 11) is 0. The fourth-order valence-corrected chi connectivity index (χ4v) is 3.67. The topological polar surface area (TPSA) is 41.6 Å². The van der Waals surface area contributed by atoms with Crippen molar-refractivity contribution in [1.29, 1.82) is 0 Å². The van der Waals surface area contributed by atoms with E-state index in [0.717, 1.165) is 25.7 Å². The Labute approximate surface area is 123 Å². The predicted molar refractivity (Wildman–Crippen MR) is 79.0 cm³/mol. The first kappa shape index (κ1) is 14.3. The van der Waals surface area contributed by atoms with Gasteiger partial charge in [-0.25, -0.2) is 8.78 Å². The smallest absolute Gasteiger partial charge is 0.192 e. The van der Waals surface area contributed by atoms with Crippen LogP contribution in [0.4, 0.5) is 8.78 Å². The quantitative estimate of drug-likeness (QED) is 0.910. The number of nitrogens with two attached hydrogens (primary N) is 1. The molecule has 1 aromatic carbocycles. The van der Waals surface area contributed by atoms with E-state index in [1.807, 2.05) is 11.8 Å². The Bertz CT molecular complexity index is 593. The average Bonchev–Trinajstić information content (AvgIpc) is 3.03. The van der Waals surface area contributed by atoms with Crippen molar-refractivity contribution in [2.45, 2.75) is 51.1 Å². The summed E-state index contributed by atoms with van der Waals surface area (Å²) < 4.78 is 28.4. The molecule has 2 N–H and O–H groups in total. The van der Waals surface area contributed by atoms with E-state index in [-0.39, 0.29) is 17.7 Å². The first-order valence-corrected chi connectivity index (χ1v) is 7.49. The van der Waals surface area contributed by atoms with Crippen molar-refractivity contribution < 1.29 is 8.78 Å². The number of benzene rings is 1. The van der Waals surface area contributed by atoms with Crippen LogP contribution in [-0.2, 0) is 5.54 Å². The molecule has 3 rings (SSSR count).